The minimum atomic E-state index is -0.279. The molecule has 4 aromatic heterocycles. The van der Waals surface area contributed by atoms with Gasteiger partial charge in [-0.25, -0.2) is 15.0 Å². The smallest absolute Gasteiger partial charge is 0.321 e. The Labute approximate surface area is 186 Å². The molecule has 0 bridgehead atoms. The Morgan fingerprint density at radius 3 is 2.56 bits per heavy atom. The van der Waals surface area contributed by atoms with E-state index in [4.69, 9.17) is 9.26 Å². The number of hydrogen-bond donors (Lipinski definition) is 1. The summed E-state index contributed by atoms with van der Waals surface area (Å²) in [4.78, 5) is 27.9. The van der Waals surface area contributed by atoms with Crippen LogP contribution in [0, 0.1) is 13.8 Å². The summed E-state index contributed by atoms with van der Waals surface area (Å²) in [7, 11) is 0. The van der Waals surface area contributed by atoms with Gasteiger partial charge in [0, 0.05) is 23.0 Å². The van der Waals surface area contributed by atoms with Crippen molar-refractivity contribution in [2.24, 2.45) is 0 Å². The molecule has 158 valence electrons. The Balaban J connectivity index is 1.42. The summed E-state index contributed by atoms with van der Waals surface area (Å²) in [6, 6.07) is 14.7. The van der Waals surface area contributed by atoms with Gasteiger partial charge in [0.2, 0.25) is 0 Å². The Hall–Kier alpha value is -4.11. The topological polar surface area (TPSA) is 103 Å². The zero-order valence-electron chi connectivity index (χ0n) is 17.2. The fourth-order valence-corrected chi connectivity index (χ4v) is 4.05. The van der Waals surface area contributed by atoms with E-state index in [9.17, 15) is 4.79 Å². The Morgan fingerprint density at radius 2 is 1.84 bits per heavy atom. The van der Waals surface area contributed by atoms with Crippen LogP contribution < -0.4 is 10.1 Å². The fourth-order valence-electron chi connectivity index (χ4n) is 3.22. The van der Waals surface area contributed by atoms with Gasteiger partial charge in [-0.15, -0.1) is 11.3 Å². The first kappa shape index (κ1) is 19.8. The van der Waals surface area contributed by atoms with Crippen LogP contribution in [0.25, 0.3) is 21.7 Å². The molecule has 5 rings (SSSR count). The van der Waals surface area contributed by atoms with E-state index >= 15 is 0 Å². The summed E-state index contributed by atoms with van der Waals surface area (Å²) in [5.41, 5.74) is 2.68. The van der Waals surface area contributed by atoms with Gasteiger partial charge in [-0.05, 0) is 62.4 Å². The second-order valence-corrected chi connectivity index (χ2v) is 8.31. The standard InChI is InChI=1S/C23H17N5O3S/c1-13-4-9-19(32-13)18-12-17(20-14(2)28-31-22(20)27-18)21(29)26-15-5-7-16(8-6-15)30-23-24-10-3-11-25-23/h3-12H,1-2H3,(H,26,29). The van der Waals surface area contributed by atoms with Crippen LogP contribution in [0.4, 0.5) is 5.69 Å². The number of nitrogens with zero attached hydrogens (tertiary/aromatic N) is 4. The number of rotatable bonds is 5. The van der Waals surface area contributed by atoms with Crippen LogP contribution in [-0.2, 0) is 0 Å². The molecule has 0 fully saturated rings. The molecule has 0 saturated carbocycles. The van der Waals surface area contributed by atoms with Crippen LogP contribution in [0.15, 0.2) is 65.4 Å². The van der Waals surface area contributed by atoms with Gasteiger partial charge in [-0.1, -0.05) is 5.16 Å². The molecule has 5 aromatic rings. The second-order valence-electron chi connectivity index (χ2n) is 7.03. The van der Waals surface area contributed by atoms with Crippen LogP contribution in [0.3, 0.4) is 0 Å². The molecule has 32 heavy (non-hydrogen) atoms. The number of benzene rings is 1. The number of anilines is 1. The van der Waals surface area contributed by atoms with Crippen LogP contribution in [0.2, 0.25) is 0 Å². The maximum Gasteiger partial charge on any atom is 0.321 e. The third kappa shape index (κ3) is 3.93. The van der Waals surface area contributed by atoms with E-state index in [0.29, 0.717) is 39.5 Å². The van der Waals surface area contributed by atoms with Crippen LogP contribution in [0.5, 0.6) is 11.8 Å². The number of thiophene rings is 1. The number of ether oxygens (including phenoxy) is 1. The second kappa shape index (κ2) is 8.20. The van der Waals surface area contributed by atoms with Crippen LogP contribution in [-0.4, -0.2) is 26.0 Å². The molecule has 0 atom stereocenters. The molecule has 0 unspecified atom stereocenters. The Morgan fingerprint density at radius 1 is 1.06 bits per heavy atom. The molecular weight excluding hydrogens is 426 g/mol. The maximum absolute atomic E-state index is 13.2. The van der Waals surface area contributed by atoms with Gasteiger partial charge >= 0.3 is 6.01 Å². The first-order chi connectivity index (χ1) is 15.6. The molecule has 0 spiro atoms. The molecular formula is C23H17N5O3S. The van der Waals surface area contributed by atoms with Crippen molar-refractivity contribution in [2.75, 3.05) is 5.32 Å². The van der Waals surface area contributed by atoms with Gasteiger partial charge < -0.3 is 14.6 Å². The van der Waals surface area contributed by atoms with Gasteiger partial charge in [0.05, 0.1) is 27.2 Å². The number of aryl methyl sites for hydroxylation is 2. The van der Waals surface area contributed by atoms with Crippen molar-refractivity contribution in [1.29, 1.82) is 0 Å². The number of aromatic nitrogens is 4. The summed E-state index contributed by atoms with van der Waals surface area (Å²) in [5.74, 6) is 0.282. The molecule has 0 radical (unpaired) electrons. The summed E-state index contributed by atoms with van der Waals surface area (Å²) >= 11 is 1.60. The van der Waals surface area contributed by atoms with Crippen LogP contribution >= 0.6 is 11.3 Å². The van der Waals surface area contributed by atoms with E-state index in [1.165, 1.54) is 0 Å². The van der Waals surface area contributed by atoms with Gasteiger partial charge in [0.15, 0.2) is 0 Å². The minimum absolute atomic E-state index is 0.253. The zero-order chi connectivity index (χ0) is 22.1. The SMILES string of the molecule is Cc1ccc(-c2cc(C(=O)Nc3ccc(Oc4ncccn4)cc3)c3c(C)noc3n2)s1. The summed E-state index contributed by atoms with van der Waals surface area (Å²) in [6.07, 6.45) is 3.20. The molecule has 9 heteroatoms. The number of carbonyl (C=O) groups excluding carboxylic acids is 1. The van der Waals surface area contributed by atoms with Crippen molar-refractivity contribution < 1.29 is 14.1 Å². The highest BCUT2D eigenvalue weighted by Gasteiger charge is 2.20. The van der Waals surface area contributed by atoms with E-state index in [1.54, 1.807) is 67.1 Å². The van der Waals surface area contributed by atoms with Gasteiger partial charge in [-0.2, -0.15) is 0 Å². The van der Waals surface area contributed by atoms with Crippen molar-refractivity contribution in [3.05, 3.63) is 77.1 Å². The van der Waals surface area contributed by atoms with Gasteiger partial charge in [0.1, 0.15) is 5.75 Å². The monoisotopic (exact) mass is 443 g/mol. The first-order valence-corrected chi connectivity index (χ1v) is 10.6. The Kier molecular flexibility index (Phi) is 5.08. The average Bonchev–Trinajstić information content (AvgIpc) is 3.41. The normalized spacial score (nSPS) is 10.9. The number of amides is 1. The fraction of sp³-hybridized carbons (Fsp3) is 0.0870. The average molecular weight is 443 g/mol. The minimum Gasteiger partial charge on any atom is -0.424 e. The number of hydrogen-bond acceptors (Lipinski definition) is 8. The lowest BCUT2D eigenvalue weighted by Gasteiger charge is -2.09. The van der Waals surface area contributed by atoms with Gasteiger partial charge in [0.25, 0.3) is 11.6 Å². The lowest BCUT2D eigenvalue weighted by molar-refractivity contribution is 0.102. The predicted octanol–water partition coefficient (Wildman–Crippen LogP) is 5.40. The van der Waals surface area contributed by atoms with Crippen molar-refractivity contribution in [2.45, 2.75) is 13.8 Å². The molecule has 1 amide bonds. The maximum atomic E-state index is 13.2. The number of nitrogens with one attached hydrogen (secondary N) is 1. The molecule has 4 heterocycles. The van der Waals surface area contributed by atoms with E-state index in [0.717, 1.165) is 9.75 Å². The molecule has 0 aliphatic rings. The third-order valence-corrected chi connectivity index (χ3v) is 5.74. The van der Waals surface area contributed by atoms with Crippen molar-refractivity contribution in [3.63, 3.8) is 0 Å². The molecule has 0 aliphatic heterocycles. The number of fused-ring (bicyclic) bond motifs is 1. The zero-order valence-corrected chi connectivity index (χ0v) is 18.0. The predicted molar refractivity (Wildman–Crippen MR) is 121 cm³/mol. The highest BCUT2D eigenvalue weighted by molar-refractivity contribution is 7.15. The molecule has 0 aliphatic carbocycles. The van der Waals surface area contributed by atoms with Crippen molar-refractivity contribution >= 4 is 34.0 Å². The first-order valence-electron chi connectivity index (χ1n) is 9.77. The van der Waals surface area contributed by atoms with Gasteiger partial charge in [-0.3, -0.25) is 4.79 Å². The lowest BCUT2D eigenvalue weighted by atomic mass is 10.1. The summed E-state index contributed by atoms with van der Waals surface area (Å²) in [6.45, 7) is 3.81. The molecule has 0 saturated heterocycles. The molecule has 1 aromatic carbocycles. The summed E-state index contributed by atoms with van der Waals surface area (Å²) in [5, 5.41) is 7.52. The highest BCUT2D eigenvalue weighted by atomic mass is 32.1. The highest BCUT2D eigenvalue weighted by Crippen LogP contribution is 2.31. The van der Waals surface area contributed by atoms with E-state index < -0.39 is 0 Å². The largest absolute Gasteiger partial charge is 0.424 e. The lowest BCUT2D eigenvalue weighted by Crippen LogP contribution is -2.13. The van der Waals surface area contributed by atoms with Crippen molar-refractivity contribution in [1.82, 2.24) is 20.1 Å². The van der Waals surface area contributed by atoms with E-state index in [2.05, 4.69) is 25.4 Å². The number of carbonyl (C=O) groups is 1. The molecule has 1 N–H and O–H groups in total. The summed E-state index contributed by atoms with van der Waals surface area (Å²) < 4.78 is 11.0. The van der Waals surface area contributed by atoms with E-state index in [1.807, 2.05) is 19.1 Å². The van der Waals surface area contributed by atoms with E-state index in [-0.39, 0.29) is 11.9 Å². The quantitative estimate of drug-likeness (QED) is 0.388. The number of pyridine rings is 1. The Bertz CT molecular complexity index is 1410. The molecule has 8 nitrogen and oxygen atoms in total. The van der Waals surface area contributed by atoms with Crippen molar-refractivity contribution in [3.8, 4) is 22.3 Å². The third-order valence-electron chi connectivity index (χ3n) is 4.72. The van der Waals surface area contributed by atoms with Crippen LogP contribution in [0.1, 0.15) is 20.9 Å².